The first-order valence-corrected chi connectivity index (χ1v) is 7.95. The van der Waals surface area contributed by atoms with Gasteiger partial charge in [-0.05, 0) is 31.6 Å². The van der Waals surface area contributed by atoms with E-state index < -0.39 is 22.1 Å². The van der Waals surface area contributed by atoms with Gasteiger partial charge in [0.25, 0.3) is 0 Å². The summed E-state index contributed by atoms with van der Waals surface area (Å²) in [6.07, 6.45) is -4.53. The summed E-state index contributed by atoms with van der Waals surface area (Å²) in [6, 6.07) is 5.00. The third-order valence-corrected chi connectivity index (χ3v) is 3.75. The molecule has 0 bridgehead atoms. The molecule has 0 saturated heterocycles. The zero-order valence-corrected chi connectivity index (χ0v) is 12.2. The highest BCUT2D eigenvalue weighted by Crippen LogP contribution is 2.30. The summed E-state index contributed by atoms with van der Waals surface area (Å²) in [5.41, 5.74) is -0.238. The number of alkyl halides is 3. The fourth-order valence-electron chi connectivity index (χ4n) is 1.55. The van der Waals surface area contributed by atoms with Gasteiger partial charge in [-0.1, -0.05) is 19.1 Å². The molecule has 1 aromatic rings. The van der Waals surface area contributed by atoms with Crippen LogP contribution in [0.1, 0.15) is 13.3 Å². The third kappa shape index (κ3) is 7.19. The molecule has 0 aliphatic carbocycles. The van der Waals surface area contributed by atoms with Crippen molar-refractivity contribution in [1.82, 2.24) is 5.32 Å². The Hall–Kier alpha value is -1.48. The lowest BCUT2D eigenvalue weighted by atomic mass is 10.3. The van der Waals surface area contributed by atoms with Crippen LogP contribution in [0.4, 0.5) is 18.9 Å². The van der Waals surface area contributed by atoms with Crippen molar-refractivity contribution in [3.8, 4) is 5.75 Å². The van der Waals surface area contributed by atoms with Crippen molar-refractivity contribution < 1.29 is 26.3 Å². The minimum Gasteiger partial charge on any atom is -0.404 e. The monoisotopic (exact) mass is 326 g/mol. The molecular weight excluding hydrogens is 309 g/mol. The van der Waals surface area contributed by atoms with Gasteiger partial charge in [-0.2, -0.15) is 0 Å². The quantitative estimate of drug-likeness (QED) is 0.720. The highest BCUT2D eigenvalue weighted by atomic mass is 32.2. The van der Waals surface area contributed by atoms with Gasteiger partial charge in [0.05, 0.1) is 11.4 Å². The van der Waals surface area contributed by atoms with Crippen LogP contribution in [-0.2, 0) is 10.0 Å². The topological polar surface area (TPSA) is 67.4 Å². The molecule has 0 saturated carbocycles. The Kier molecular flexibility index (Phi) is 6.28. The molecular formula is C12H17F3N2O3S. The Bertz CT molecular complexity index is 547. The summed E-state index contributed by atoms with van der Waals surface area (Å²) in [4.78, 5) is 0. The Morgan fingerprint density at radius 2 is 1.90 bits per heavy atom. The van der Waals surface area contributed by atoms with Crippen LogP contribution in [-0.4, -0.2) is 33.6 Å². The second-order valence-electron chi connectivity index (χ2n) is 4.17. The van der Waals surface area contributed by atoms with Crippen LogP contribution >= 0.6 is 0 Å². The summed E-state index contributed by atoms with van der Waals surface area (Å²) >= 11 is 0. The molecule has 0 unspecified atom stereocenters. The van der Waals surface area contributed by atoms with E-state index >= 15 is 0 Å². The molecule has 120 valence electrons. The van der Waals surface area contributed by atoms with E-state index in [0.717, 1.165) is 12.6 Å². The van der Waals surface area contributed by atoms with Crippen molar-refractivity contribution in [2.75, 3.05) is 23.6 Å². The lowest BCUT2D eigenvalue weighted by Crippen LogP contribution is -2.23. The molecule has 0 aromatic heterocycles. The maximum atomic E-state index is 12.2. The van der Waals surface area contributed by atoms with Crippen LogP contribution in [0.25, 0.3) is 0 Å². The molecule has 0 fully saturated rings. The minimum atomic E-state index is -4.88. The molecule has 0 amide bonds. The molecule has 0 aliphatic rings. The largest absolute Gasteiger partial charge is 0.573 e. The zero-order chi connectivity index (χ0) is 15.9. The molecule has 9 heteroatoms. The fraction of sp³-hybridized carbons (Fsp3) is 0.500. The SMILES string of the molecule is CCNCCCS(=O)(=O)Nc1ccccc1OC(F)(F)F. The molecule has 5 nitrogen and oxygen atoms in total. The molecule has 1 aromatic carbocycles. The van der Waals surface area contributed by atoms with Gasteiger partial charge in [-0.25, -0.2) is 8.42 Å². The van der Waals surface area contributed by atoms with Gasteiger partial charge in [-0.15, -0.1) is 13.2 Å². The number of hydrogen-bond acceptors (Lipinski definition) is 4. The average Bonchev–Trinajstić information content (AvgIpc) is 2.35. The van der Waals surface area contributed by atoms with Crippen molar-refractivity contribution in [1.29, 1.82) is 0 Å². The van der Waals surface area contributed by atoms with Crippen LogP contribution in [0, 0.1) is 0 Å². The first kappa shape index (κ1) is 17.6. The molecule has 21 heavy (non-hydrogen) atoms. The molecule has 0 aliphatic heterocycles. The smallest absolute Gasteiger partial charge is 0.404 e. The van der Waals surface area contributed by atoms with Crippen molar-refractivity contribution in [3.05, 3.63) is 24.3 Å². The van der Waals surface area contributed by atoms with E-state index in [2.05, 4.69) is 14.8 Å². The number of ether oxygens (including phenoxy) is 1. The predicted octanol–water partition coefficient (Wildman–Crippen LogP) is 2.33. The van der Waals surface area contributed by atoms with Crippen LogP contribution in [0.15, 0.2) is 24.3 Å². The second-order valence-corrected chi connectivity index (χ2v) is 6.01. The highest BCUT2D eigenvalue weighted by molar-refractivity contribution is 7.92. The fourth-order valence-corrected chi connectivity index (χ4v) is 2.68. The van der Waals surface area contributed by atoms with Crippen molar-refractivity contribution in [3.63, 3.8) is 0 Å². The summed E-state index contributed by atoms with van der Waals surface area (Å²) in [6.45, 7) is 3.12. The van der Waals surface area contributed by atoms with Gasteiger partial charge >= 0.3 is 6.36 Å². The second kappa shape index (κ2) is 7.51. The maximum Gasteiger partial charge on any atom is 0.573 e. The zero-order valence-electron chi connectivity index (χ0n) is 11.4. The van der Waals surface area contributed by atoms with E-state index in [1.165, 1.54) is 18.2 Å². The van der Waals surface area contributed by atoms with Gasteiger partial charge < -0.3 is 10.1 Å². The van der Waals surface area contributed by atoms with Crippen molar-refractivity contribution in [2.24, 2.45) is 0 Å². The first-order valence-electron chi connectivity index (χ1n) is 6.29. The molecule has 0 radical (unpaired) electrons. The van der Waals surface area contributed by atoms with Gasteiger partial charge in [0, 0.05) is 0 Å². The Labute approximate surface area is 121 Å². The van der Waals surface area contributed by atoms with Crippen LogP contribution < -0.4 is 14.8 Å². The van der Waals surface area contributed by atoms with Gasteiger partial charge in [0.1, 0.15) is 0 Å². The Balaban J connectivity index is 2.73. The first-order chi connectivity index (χ1) is 9.73. The average molecular weight is 326 g/mol. The number of rotatable bonds is 8. The predicted molar refractivity (Wildman–Crippen MR) is 73.7 cm³/mol. The van der Waals surface area contributed by atoms with Crippen molar-refractivity contribution in [2.45, 2.75) is 19.7 Å². The highest BCUT2D eigenvalue weighted by Gasteiger charge is 2.32. The van der Waals surface area contributed by atoms with Crippen molar-refractivity contribution >= 4 is 15.7 Å². The van der Waals surface area contributed by atoms with Gasteiger partial charge in [0.2, 0.25) is 10.0 Å². The number of nitrogens with one attached hydrogen (secondary N) is 2. The van der Waals surface area contributed by atoms with Crippen LogP contribution in [0.3, 0.4) is 0 Å². The number of hydrogen-bond donors (Lipinski definition) is 2. The van der Waals surface area contributed by atoms with E-state index in [-0.39, 0.29) is 11.4 Å². The van der Waals surface area contributed by atoms with Gasteiger partial charge in [0.15, 0.2) is 5.75 Å². The Morgan fingerprint density at radius 1 is 1.24 bits per heavy atom. The van der Waals surface area contributed by atoms with E-state index in [9.17, 15) is 21.6 Å². The summed E-state index contributed by atoms with van der Waals surface area (Å²) in [7, 11) is -3.73. The molecule has 0 heterocycles. The Morgan fingerprint density at radius 3 is 2.52 bits per heavy atom. The normalized spacial score (nSPS) is 12.2. The van der Waals surface area contributed by atoms with E-state index in [1.54, 1.807) is 0 Å². The van der Waals surface area contributed by atoms with Crippen LogP contribution in [0.2, 0.25) is 0 Å². The number of sulfonamides is 1. The third-order valence-electron chi connectivity index (χ3n) is 2.39. The molecule has 0 spiro atoms. The summed E-state index contributed by atoms with van der Waals surface area (Å²) in [5, 5.41) is 2.96. The lowest BCUT2D eigenvalue weighted by molar-refractivity contribution is -0.274. The van der Waals surface area contributed by atoms with Crippen LogP contribution in [0.5, 0.6) is 5.75 Å². The molecule has 0 atom stereocenters. The summed E-state index contributed by atoms with van der Waals surface area (Å²) < 4.78 is 66.2. The number of para-hydroxylation sites is 2. The minimum absolute atomic E-state index is 0.194. The van der Waals surface area contributed by atoms with E-state index in [0.29, 0.717) is 13.0 Å². The van der Waals surface area contributed by atoms with E-state index in [4.69, 9.17) is 0 Å². The molecule has 1 rings (SSSR count). The number of halogens is 3. The number of anilines is 1. The summed E-state index contributed by atoms with van der Waals surface area (Å²) in [5.74, 6) is -0.777. The van der Waals surface area contributed by atoms with Gasteiger partial charge in [-0.3, -0.25) is 4.72 Å². The number of benzene rings is 1. The standard InChI is InChI=1S/C12H17F3N2O3S/c1-2-16-8-5-9-21(18,19)17-10-6-3-4-7-11(10)20-12(13,14)15/h3-4,6-7,16-17H,2,5,8-9H2,1H3. The van der Waals surface area contributed by atoms with E-state index in [1.807, 2.05) is 6.92 Å². The molecule has 2 N–H and O–H groups in total. The lowest BCUT2D eigenvalue weighted by Gasteiger charge is -2.14. The maximum absolute atomic E-state index is 12.2.